The number of rotatable bonds is 12. The quantitative estimate of drug-likeness (QED) is 0.263. The molecule has 194 valence electrons. The molecule has 0 fully saturated rings. The molecule has 0 unspecified atom stereocenters. The molecule has 0 aliphatic heterocycles. The van der Waals surface area contributed by atoms with Gasteiger partial charge in [0.2, 0.25) is 0 Å². The summed E-state index contributed by atoms with van der Waals surface area (Å²) in [6, 6.07) is 17.9. The number of aryl methyl sites for hydroxylation is 1. The van der Waals surface area contributed by atoms with Gasteiger partial charge in [0.25, 0.3) is 27.7 Å². The fourth-order valence-corrected chi connectivity index (χ4v) is 4.39. The average Bonchev–Trinajstić information content (AvgIpc) is 2.92. The summed E-state index contributed by atoms with van der Waals surface area (Å²) >= 11 is 0. The van der Waals surface area contributed by atoms with E-state index in [2.05, 4.69) is 15.6 Å². The van der Waals surface area contributed by atoms with Crippen LogP contribution in [0.4, 0.5) is 0 Å². The number of nitrogens with zero attached hydrogens (tertiary/aromatic N) is 1. The maximum absolute atomic E-state index is 12.7. The molecule has 11 heteroatoms. The maximum atomic E-state index is 12.7. The lowest BCUT2D eigenvalue weighted by Gasteiger charge is -2.10. The average molecular weight is 525 g/mol. The number of aliphatic hydroxyl groups is 1. The van der Waals surface area contributed by atoms with Crippen LogP contribution in [0.2, 0.25) is 0 Å². The Kier molecular flexibility index (Phi) is 9.87. The van der Waals surface area contributed by atoms with Crippen molar-refractivity contribution in [2.24, 2.45) is 0 Å². The van der Waals surface area contributed by atoms with Gasteiger partial charge in [0.1, 0.15) is 5.69 Å². The van der Waals surface area contributed by atoms with E-state index in [1.165, 1.54) is 42.0 Å². The molecule has 0 saturated heterocycles. The minimum Gasteiger partial charge on any atom is -0.395 e. The third-order valence-corrected chi connectivity index (χ3v) is 6.64. The molecule has 0 saturated carbocycles. The molecule has 1 aromatic heterocycles. The number of hydrogen-bond donors (Lipinski definition) is 4. The van der Waals surface area contributed by atoms with Crippen molar-refractivity contribution in [3.8, 4) is 0 Å². The van der Waals surface area contributed by atoms with Crippen LogP contribution in [-0.4, -0.2) is 55.9 Å². The molecule has 1 heterocycles. The second-order valence-corrected chi connectivity index (χ2v) is 9.76. The number of hydrogen-bond acceptors (Lipinski definition) is 7. The Morgan fingerprint density at radius 3 is 2.24 bits per heavy atom. The van der Waals surface area contributed by atoms with Gasteiger partial charge in [0, 0.05) is 24.8 Å². The highest BCUT2D eigenvalue weighted by Gasteiger charge is 2.21. The number of amides is 3. The summed E-state index contributed by atoms with van der Waals surface area (Å²) in [6.07, 6.45) is 3.64. The number of pyridine rings is 1. The van der Waals surface area contributed by atoms with Crippen molar-refractivity contribution in [3.05, 3.63) is 95.3 Å². The van der Waals surface area contributed by atoms with E-state index in [9.17, 15) is 22.8 Å². The first-order valence-corrected chi connectivity index (χ1v) is 13.1. The number of carbonyl (C=O) groups is 3. The standard InChI is InChI=1S/C26H28N4O6S/c31-16-15-28-26(34)23-13-12-21(18-29-23)25(33)30-37(35,36)22-11-6-10-20(17-22)24(32)27-14-5-4-9-19-7-2-1-3-8-19/h1-3,6-8,10-13,17-18,31H,4-5,9,14-16H2,(H,27,32)(H,28,34)(H,30,33). The molecule has 0 aliphatic rings. The molecule has 3 rings (SSSR count). The smallest absolute Gasteiger partial charge is 0.269 e. The predicted molar refractivity (Wildman–Crippen MR) is 136 cm³/mol. The van der Waals surface area contributed by atoms with Crippen molar-refractivity contribution in [2.75, 3.05) is 19.7 Å². The highest BCUT2D eigenvalue weighted by Crippen LogP contribution is 2.13. The summed E-state index contributed by atoms with van der Waals surface area (Å²) in [4.78, 5) is 40.4. The minimum atomic E-state index is -4.28. The SMILES string of the molecule is O=C(NCCCCc1ccccc1)c1cccc(S(=O)(=O)NC(=O)c2ccc(C(=O)NCCO)nc2)c1. The lowest BCUT2D eigenvalue weighted by Crippen LogP contribution is -2.31. The van der Waals surface area contributed by atoms with Crippen molar-refractivity contribution in [3.63, 3.8) is 0 Å². The normalized spacial score (nSPS) is 10.9. The van der Waals surface area contributed by atoms with Crippen molar-refractivity contribution in [1.29, 1.82) is 0 Å². The van der Waals surface area contributed by atoms with E-state index in [0.717, 1.165) is 25.5 Å². The van der Waals surface area contributed by atoms with E-state index in [-0.39, 0.29) is 34.9 Å². The van der Waals surface area contributed by atoms with E-state index in [1.54, 1.807) is 0 Å². The summed E-state index contributed by atoms with van der Waals surface area (Å²) in [6.45, 7) is 0.258. The Morgan fingerprint density at radius 2 is 1.54 bits per heavy atom. The molecule has 3 amide bonds. The molecule has 2 aromatic carbocycles. The Morgan fingerprint density at radius 1 is 0.784 bits per heavy atom. The largest absolute Gasteiger partial charge is 0.395 e. The summed E-state index contributed by atoms with van der Waals surface area (Å²) in [5, 5.41) is 14.0. The van der Waals surface area contributed by atoms with Gasteiger partial charge >= 0.3 is 0 Å². The molecule has 0 bridgehead atoms. The number of carbonyl (C=O) groups excluding carboxylic acids is 3. The van der Waals surface area contributed by atoms with Crippen LogP contribution in [0.1, 0.15) is 49.6 Å². The summed E-state index contributed by atoms with van der Waals surface area (Å²) in [5.74, 6) is -1.90. The highest BCUT2D eigenvalue weighted by molar-refractivity contribution is 7.90. The lowest BCUT2D eigenvalue weighted by atomic mass is 10.1. The van der Waals surface area contributed by atoms with E-state index >= 15 is 0 Å². The number of unbranched alkanes of at least 4 members (excludes halogenated alkanes) is 1. The fourth-order valence-electron chi connectivity index (χ4n) is 3.37. The summed E-state index contributed by atoms with van der Waals surface area (Å²) in [5.41, 5.74) is 1.31. The molecular formula is C26H28N4O6S. The highest BCUT2D eigenvalue weighted by atomic mass is 32.2. The first-order chi connectivity index (χ1) is 17.8. The predicted octanol–water partition coefficient (Wildman–Crippen LogP) is 1.68. The van der Waals surface area contributed by atoms with Crippen LogP contribution in [0.25, 0.3) is 0 Å². The number of aliphatic hydroxyl groups excluding tert-OH is 1. The Balaban J connectivity index is 1.55. The Bertz CT molecular complexity index is 1330. The van der Waals surface area contributed by atoms with E-state index in [1.807, 2.05) is 35.1 Å². The van der Waals surface area contributed by atoms with Gasteiger partial charge in [0.15, 0.2) is 0 Å². The minimum absolute atomic E-state index is 0.00614. The van der Waals surface area contributed by atoms with Gasteiger partial charge in [-0.1, -0.05) is 36.4 Å². The van der Waals surface area contributed by atoms with Gasteiger partial charge in [-0.3, -0.25) is 19.4 Å². The second kappa shape index (κ2) is 13.3. The van der Waals surface area contributed by atoms with Crippen LogP contribution < -0.4 is 15.4 Å². The Labute approximate surface area is 215 Å². The number of aromatic nitrogens is 1. The topological polar surface area (TPSA) is 155 Å². The summed E-state index contributed by atoms with van der Waals surface area (Å²) in [7, 11) is -4.28. The van der Waals surface area contributed by atoms with Gasteiger partial charge in [-0.05, 0) is 55.2 Å². The van der Waals surface area contributed by atoms with Crippen LogP contribution in [0, 0.1) is 0 Å². The summed E-state index contributed by atoms with van der Waals surface area (Å²) < 4.78 is 27.4. The Hall–Kier alpha value is -4.09. The van der Waals surface area contributed by atoms with Crippen molar-refractivity contribution >= 4 is 27.7 Å². The van der Waals surface area contributed by atoms with Gasteiger partial charge in [-0.25, -0.2) is 13.1 Å². The van der Waals surface area contributed by atoms with Crippen LogP contribution in [0.15, 0.2) is 77.8 Å². The zero-order valence-electron chi connectivity index (χ0n) is 20.0. The van der Waals surface area contributed by atoms with Gasteiger partial charge in [-0.15, -0.1) is 0 Å². The zero-order valence-corrected chi connectivity index (χ0v) is 20.8. The molecule has 4 N–H and O–H groups in total. The van der Waals surface area contributed by atoms with E-state index < -0.39 is 27.7 Å². The maximum Gasteiger partial charge on any atom is 0.269 e. The third kappa shape index (κ3) is 8.23. The second-order valence-electron chi connectivity index (χ2n) is 8.07. The molecule has 0 aliphatic carbocycles. The molecule has 37 heavy (non-hydrogen) atoms. The lowest BCUT2D eigenvalue weighted by molar-refractivity contribution is 0.0934. The third-order valence-electron chi connectivity index (χ3n) is 5.31. The molecule has 0 atom stereocenters. The van der Waals surface area contributed by atoms with E-state index in [0.29, 0.717) is 6.54 Å². The van der Waals surface area contributed by atoms with Crippen molar-refractivity contribution < 1.29 is 27.9 Å². The molecular weight excluding hydrogens is 496 g/mol. The van der Waals surface area contributed by atoms with Crippen LogP contribution in [0.3, 0.4) is 0 Å². The molecule has 0 radical (unpaired) electrons. The zero-order chi connectivity index (χ0) is 26.7. The molecule has 3 aromatic rings. The van der Waals surface area contributed by atoms with Gasteiger partial charge < -0.3 is 15.7 Å². The van der Waals surface area contributed by atoms with Gasteiger partial charge in [0.05, 0.1) is 17.1 Å². The van der Waals surface area contributed by atoms with Gasteiger partial charge in [-0.2, -0.15) is 0 Å². The molecule has 0 spiro atoms. The molecule has 10 nitrogen and oxygen atoms in total. The van der Waals surface area contributed by atoms with Crippen LogP contribution in [0.5, 0.6) is 0 Å². The monoisotopic (exact) mass is 524 g/mol. The number of sulfonamides is 1. The van der Waals surface area contributed by atoms with Crippen molar-refractivity contribution in [1.82, 2.24) is 20.3 Å². The first kappa shape index (κ1) is 27.5. The van der Waals surface area contributed by atoms with Crippen LogP contribution >= 0.6 is 0 Å². The fraction of sp³-hybridized carbons (Fsp3) is 0.231. The van der Waals surface area contributed by atoms with E-state index in [4.69, 9.17) is 5.11 Å². The van der Waals surface area contributed by atoms with Crippen LogP contribution in [-0.2, 0) is 16.4 Å². The van der Waals surface area contributed by atoms with Crippen molar-refractivity contribution in [2.45, 2.75) is 24.2 Å². The number of benzene rings is 2. The first-order valence-electron chi connectivity index (χ1n) is 11.6. The number of nitrogens with one attached hydrogen (secondary N) is 3.